The molecule has 0 saturated carbocycles. The van der Waals surface area contributed by atoms with Crippen LogP contribution in [0.5, 0.6) is 0 Å². The first-order chi connectivity index (χ1) is 4.68. The molecule has 0 bridgehead atoms. The molecular weight excluding hydrogens is 177 g/mol. The summed E-state index contributed by atoms with van der Waals surface area (Å²) in [7, 11) is 4.38. The largest absolute Gasteiger partial charge is 0.400 e. The molecule has 0 rings (SSSR count). The quantitative estimate of drug-likeness (QED) is 0.489. The zero-order chi connectivity index (χ0) is 8.99. The first kappa shape index (κ1) is 16.5. The topological polar surface area (TPSA) is 40.5 Å². The normalized spacial score (nSPS) is 5.80. The first-order valence-corrected chi connectivity index (χ1v) is 3.44. The van der Waals surface area contributed by atoms with E-state index in [0.717, 1.165) is 13.5 Å². The maximum Gasteiger partial charge on any atom is 0.209 e. The molecule has 0 atom stereocenters. The van der Waals surface area contributed by atoms with Gasteiger partial charge in [-0.2, -0.15) is 0 Å². The third-order valence-corrected chi connectivity index (χ3v) is 0.211. The monoisotopic (exact) mass is 189 g/mol. The molecule has 0 aliphatic rings. The summed E-state index contributed by atoms with van der Waals surface area (Å²) in [5.74, 6) is 0. The van der Waals surface area contributed by atoms with Gasteiger partial charge in [-0.05, 0) is 0 Å². The van der Waals surface area contributed by atoms with E-state index in [1.165, 1.54) is 4.90 Å². The van der Waals surface area contributed by atoms with E-state index in [9.17, 15) is 4.79 Å². The fraction of sp³-hybridized carbons (Fsp3) is 0.800. The minimum absolute atomic E-state index is 0.194. The molecule has 5 heteroatoms. The summed E-state index contributed by atoms with van der Waals surface area (Å²) < 4.78 is 0. The van der Waals surface area contributed by atoms with Crippen LogP contribution in [0.15, 0.2) is 0 Å². The van der Waals surface area contributed by atoms with Crippen LogP contribution in [0.25, 0.3) is 0 Å². The van der Waals surface area contributed by atoms with Crippen LogP contribution in [-0.4, -0.2) is 43.0 Å². The SMILES string of the molecule is CN(C)C=O.CO.ClCCl. The predicted molar refractivity (Wildman–Crippen MR) is 44.5 cm³/mol. The zero-order valence-electron chi connectivity index (χ0n) is 6.34. The van der Waals surface area contributed by atoms with Crippen molar-refractivity contribution >= 4 is 29.6 Å². The Bertz CT molecular complexity index is 52.9. The van der Waals surface area contributed by atoms with Crippen LogP contribution in [-0.2, 0) is 4.79 Å². The van der Waals surface area contributed by atoms with Gasteiger partial charge in [0, 0.05) is 21.2 Å². The number of aliphatic hydroxyl groups excluding tert-OH is 1. The van der Waals surface area contributed by atoms with E-state index in [4.69, 9.17) is 28.3 Å². The van der Waals surface area contributed by atoms with Crippen molar-refractivity contribution in [2.45, 2.75) is 0 Å². The van der Waals surface area contributed by atoms with Crippen LogP contribution in [0, 0.1) is 0 Å². The average molecular weight is 190 g/mol. The third kappa shape index (κ3) is 97.4. The van der Waals surface area contributed by atoms with E-state index < -0.39 is 0 Å². The van der Waals surface area contributed by atoms with Crippen LogP contribution in [0.3, 0.4) is 0 Å². The molecule has 0 radical (unpaired) electrons. The second-order valence-corrected chi connectivity index (χ2v) is 1.98. The average Bonchev–Trinajstić information content (AvgIpc) is 1.94. The lowest BCUT2D eigenvalue weighted by Gasteiger charge is -1.93. The molecule has 0 saturated heterocycles. The van der Waals surface area contributed by atoms with Crippen LogP contribution < -0.4 is 0 Å². The number of aliphatic hydroxyl groups is 1. The maximum absolute atomic E-state index is 9.43. The van der Waals surface area contributed by atoms with Crippen LogP contribution in [0.2, 0.25) is 0 Å². The van der Waals surface area contributed by atoms with Crippen molar-refractivity contribution in [3.63, 3.8) is 0 Å². The fourth-order valence-corrected chi connectivity index (χ4v) is 0. The Hall–Kier alpha value is 0.01000. The fourth-order valence-electron chi connectivity index (χ4n) is 0. The number of nitrogens with zero attached hydrogens (tertiary/aromatic N) is 1. The van der Waals surface area contributed by atoms with E-state index in [1.54, 1.807) is 14.1 Å². The van der Waals surface area contributed by atoms with Gasteiger partial charge in [-0.15, -0.1) is 23.2 Å². The molecule has 0 unspecified atom stereocenters. The summed E-state index contributed by atoms with van der Waals surface area (Å²) in [6.45, 7) is 0. The number of carbonyl (C=O) groups excluding carboxylic acids is 1. The van der Waals surface area contributed by atoms with Gasteiger partial charge in [-0.3, -0.25) is 4.79 Å². The Morgan fingerprint density at radius 2 is 1.50 bits per heavy atom. The van der Waals surface area contributed by atoms with Crippen molar-refractivity contribution in [2.24, 2.45) is 0 Å². The van der Waals surface area contributed by atoms with Gasteiger partial charge < -0.3 is 10.0 Å². The number of alkyl halides is 2. The van der Waals surface area contributed by atoms with E-state index in [-0.39, 0.29) is 5.34 Å². The van der Waals surface area contributed by atoms with Crippen molar-refractivity contribution in [3.8, 4) is 0 Å². The van der Waals surface area contributed by atoms with E-state index >= 15 is 0 Å². The standard InChI is InChI=1S/C3H7NO.CH2Cl2.CH4O/c1-4(2)3-5;2-1-3;1-2/h3H,1-2H3;1H2;2H,1H3. The number of halogens is 2. The molecule has 1 amide bonds. The van der Waals surface area contributed by atoms with Crippen molar-refractivity contribution in [3.05, 3.63) is 0 Å². The maximum atomic E-state index is 9.43. The minimum atomic E-state index is 0.194. The molecule has 0 heterocycles. The molecule has 3 nitrogen and oxygen atoms in total. The highest BCUT2D eigenvalue weighted by molar-refractivity contribution is 6.40. The van der Waals surface area contributed by atoms with Gasteiger partial charge in [0.2, 0.25) is 6.41 Å². The minimum Gasteiger partial charge on any atom is -0.400 e. The molecule has 0 aromatic rings. The highest BCUT2D eigenvalue weighted by Crippen LogP contribution is 1.73. The second-order valence-electron chi connectivity index (χ2n) is 1.17. The molecular formula is C5H13Cl2NO2. The molecule has 10 heavy (non-hydrogen) atoms. The third-order valence-electron chi connectivity index (χ3n) is 0.211. The summed E-state index contributed by atoms with van der Waals surface area (Å²) in [6, 6.07) is 0. The lowest BCUT2D eigenvalue weighted by molar-refractivity contribution is -0.115. The summed E-state index contributed by atoms with van der Waals surface area (Å²) in [4.78, 5) is 10.9. The smallest absolute Gasteiger partial charge is 0.209 e. The first-order valence-electron chi connectivity index (χ1n) is 2.37. The van der Waals surface area contributed by atoms with Gasteiger partial charge in [0.25, 0.3) is 0 Å². The summed E-state index contributed by atoms with van der Waals surface area (Å²) in [5, 5.41) is 7.19. The number of hydrogen-bond acceptors (Lipinski definition) is 2. The number of carbonyl (C=O) groups is 1. The van der Waals surface area contributed by atoms with Crippen molar-refractivity contribution < 1.29 is 9.90 Å². The molecule has 1 N–H and O–H groups in total. The molecule has 0 aromatic carbocycles. The molecule has 0 aliphatic carbocycles. The molecule has 0 fully saturated rings. The number of rotatable bonds is 1. The van der Waals surface area contributed by atoms with Gasteiger partial charge in [-0.25, -0.2) is 0 Å². The Balaban J connectivity index is -0.0000000847. The highest BCUT2D eigenvalue weighted by Gasteiger charge is 1.68. The van der Waals surface area contributed by atoms with Gasteiger partial charge in [0.1, 0.15) is 0 Å². The van der Waals surface area contributed by atoms with Crippen LogP contribution in [0.4, 0.5) is 0 Å². The van der Waals surface area contributed by atoms with Crippen molar-refractivity contribution in [1.82, 2.24) is 4.90 Å². The van der Waals surface area contributed by atoms with Crippen molar-refractivity contribution in [1.29, 1.82) is 0 Å². The Kier molecular flexibility index (Phi) is 38.1. The lowest BCUT2D eigenvalue weighted by Crippen LogP contribution is -2.06. The molecule has 64 valence electrons. The zero-order valence-corrected chi connectivity index (χ0v) is 7.85. The highest BCUT2D eigenvalue weighted by atomic mass is 35.5. The summed E-state index contributed by atoms with van der Waals surface area (Å²) in [6.07, 6.45) is 0.750. The number of amides is 1. The molecule has 0 spiro atoms. The van der Waals surface area contributed by atoms with Crippen LogP contribution in [0.1, 0.15) is 0 Å². The van der Waals surface area contributed by atoms with Crippen LogP contribution >= 0.6 is 23.2 Å². The van der Waals surface area contributed by atoms with Gasteiger partial charge in [0.05, 0.1) is 5.34 Å². The lowest BCUT2D eigenvalue weighted by atomic mass is 11.0. The Morgan fingerprint density at radius 1 is 1.40 bits per heavy atom. The Labute approximate surface area is 71.5 Å². The predicted octanol–water partition coefficient (Wildman–Crippen LogP) is 0.734. The molecule has 0 aromatic heterocycles. The van der Waals surface area contributed by atoms with E-state index in [1.807, 2.05) is 0 Å². The van der Waals surface area contributed by atoms with E-state index in [2.05, 4.69) is 0 Å². The summed E-state index contributed by atoms with van der Waals surface area (Å²) in [5.41, 5.74) is 0. The second kappa shape index (κ2) is 23.0. The van der Waals surface area contributed by atoms with E-state index in [0.29, 0.717) is 0 Å². The van der Waals surface area contributed by atoms with Gasteiger partial charge >= 0.3 is 0 Å². The van der Waals surface area contributed by atoms with Gasteiger partial charge in [-0.1, -0.05) is 0 Å². The van der Waals surface area contributed by atoms with Gasteiger partial charge in [0.15, 0.2) is 0 Å². The number of hydrogen-bond donors (Lipinski definition) is 1. The molecule has 0 aliphatic heterocycles. The summed E-state index contributed by atoms with van der Waals surface area (Å²) >= 11 is 9.53. The van der Waals surface area contributed by atoms with Crippen molar-refractivity contribution in [2.75, 3.05) is 26.5 Å². The Morgan fingerprint density at radius 3 is 1.50 bits per heavy atom.